The van der Waals surface area contributed by atoms with Crippen molar-refractivity contribution in [3.8, 4) is 0 Å². The molecule has 0 aliphatic rings. The minimum absolute atomic E-state index is 0.230. The van der Waals surface area contributed by atoms with E-state index in [1.54, 1.807) is 0 Å². The van der Waals surface area contributed by atoms with Gasteiger partial charge in [-0.2, -0.15) is 5.10 Å². The molecule has 0 atom stereocenters. The average Bonchev–Trinajstić information content (AvgIpc) is 2.60. The van der Waals surface area contributed by atoms with E-state index in [0.29, 0.717) is 0 Å². The average molecular weight is 257 g/mol. The number of nitrogen functional groups attached to an aromatic ring is 1. The van der Waals surface area contributed by atoms with Crippen molar-refractivity contribution < 1.29 is 0 Å². The lowest BCUT2D eigenvalue weighted by molar-refractivity contribution is 0.404. The Hall–Kier alpha value is -1.77. The molecular formula is C16H23N3. The largest absolute Gasteiger partial charge is 0.384 e. The van der Waals surface area contributed by atoms with E-state index in [9.17, 15) is 0 Å². The third kappa shape index (κ3) is 3.60. The van der Waals surface area contributed by atoms with Gasteiger partial charge in [0.25, 0.3) is 0 Å². The van der Waals surface area contributed by atoms with Gasteiger partial charge < -0.3 is 5.73 Å². The standard InChI is InChI=1S/C16H23N3/c1-12-7-5-6-8-13(12)11-19-15(17)9-14(18-19)10-16(2,3)4/h5-9H,10-11,17H2,1-4H3. The quantitative estimate of drug-likeness (QED) is 0.915. The van der Waals surface area contributed by atoms with Crippen LogP contribution in [0.15, 0.2) is 30.3 Å². The van der Waals surface area contributed by atoms with Crippen LogP contribution in [0.25, 0.3) is 0 Å². The Bertz CT molecular complexity index is 562. The molecule has 0 spiro atoms. The van der Waals surface area contributed by atoms with Gasteiger partial charge in [-0.1, -0.05) is 45.0 Å². The number of nitrogens with zero attached hydrogens (tertiary/aromatic N) is 2. The van der Waals surface area contributed by atoms with Gasteiger partial charge in [-0.3, -0.25) is 0 Å². The highest BCUT2D eigenvalue weighted by Crippen LogP contribution is 2.21. The first-order chi connectivity index (χ1) is 8.85. The number of benzene rings is 1. The molecule has 0 saturated heterocycles. The second-order valence-corrected chi connectivity index (χ2v) is 6.38. The molecule has 2 rings (SSSR count). The maximum absolute atomic E-state index is 6.06. The van der Waals surface area contributed by atoms with Gasteiger partial charge in [0, 0.05) is 6.07 Å². The summed E-state index contributed by atoms with van der Waals surface area (Å²) in [7, 11) is 0. The molecule has 0 bridgehead atoms. The molecule has 0 saturated carbocycles. The number of aryl methyl sites for hydroxylation is 1. The number of anilines is 1. The van der Waals surface area contributed by atoms with Crippen LogP contribution in [-0.4, -0.2) is 9.78 Å². The van der Waals surface area contributed by atoms with Gasteiger partial charge in [-0.05, 0) is 29.9 Å². The summed E-state index contributed by atoms with van der Waals surface area (Å²) in [5, 5.41) is 4.62. The number of rotatable bonds is 3. The van der Waals surface area contributed by atoms with E-state index >= 15 is 0 Å². The van der Waals surface area contributed by atoms with Crippen LogP contribution in [0.3, 0.4) is 0 Å². The van der Waals surface area contributed by atoms with E-state index in [-0.39, 0.29) is 5.41 Å². The van der Waals surface area contributed by atoms with E-state index < -0.39 is 0 Å². The zero-order valence-corrected chi connectivity index (χ0v) is 12.3. The van der Waals surface area contributed by atoms with E-state index in [1.807, 2.05) is 10.7 Å². The second kappa shape index (κ2) is 5.08. The van der Waals surface area contributed by atoms with Crippen LogP contribution in [0.4, 0.5) is 5.82 Å². The first-order valence-corrected chi connectivity index (χ1v) is 6.72. The molecule has 3 heteroatoms. The first kappa shape index (κ1) is 13.7. The van der Waals surface area contributed by atoms with Crippen molar-refractivity contribution in [1.82, 2.24) is 9.78 Å². The van der Waals surface area contributed by atoms with Crippen molar-refractivity contribution >= 4 is 5.82 Å². The highest BCUT2D eigenvalue weighted by molar-refractivity contribution is 5.34. The molecule has 19 heavy (non-hydrogen) atoms. The van der Waals surface area contributed by atoms with Gasteiger partial charge in [0.15, 0.2) is 0 Å². The van der Waals surface area contributed by atoms with Crippen LogP contribution in [-0.2, 0) is 13.0 Å². The molecule has 1 aromatic carbocycles. The van der Waals surface area contributed by atoms with Crippen molar-refractivity contribution in [3.63, 3.8) is 0 Å². The predicted molar refractivity (Wildman–Crippen MR) is 80.1 cm³/mol. The Morgan fingerprint density at radius 1 is 1.21 bits per heavy atom. The van der Waals surface area contributed by atoms with Crippen LogP contribution < -0.4 is 5.73 Å². The van der Waals surface area contributed by atoms with Crippen molar-refractivity contribution in [2.75, 3.05) is 5.73 Å². The second-order valence-electron chi connectivity index (χ2n) is 6.38. The molecule has 0 aliphatic carbocycles. The van der Waals surface area contributed by atoms with Crippen LogP contribution in [0.2, 0.25) is 0 Å². The zero-order chi connectivity index (χ0) is 14.0. The molecule has 0 unspecified atom stereocenters. The zero-order valence-electron chi connectivity index (χ0n) is 12.3. The topological polar surface area (TPSA) is 43.8 Å². The predicted octanol–water partition coefficient (Wildman–Crippen LogP) is 3.41. The van der Waals surface area contributed by atoms with Crippen LogP contribution in [0, 0.1) is 12.3 Å². The van der Waals surface area contributed by atoms with Crippen molar-refractivity contribution in [1.29, 1.82) is 0 Å². The summed E-state index contributed by atoms with van der Waals surface area (Å²) < 4.78 is 1.89. The van der Waals surface area contributed by atoms with Crippen LogP contribution in [0.5, 0.6) is 0 Å². The van der Waals surface area contributed by atoms with E-state index in [1.165, 1.54) is 11.1 Å². The monoisotopic (exact) mass is 257 g/mol. The van der Waals surface area contributed by atoms with Crippen LogP contribution >= 0.6 is 0 Å². The molecule has 0 radical (unpaired) electrons. The number of nitrogens with two attached hydrogens (primary N) is 1. The highest BCUT2D eigenvalue weighted by Gasteiger charge is 2.15. The summed E-state index contributed by atoms with van der Waals surface area (Å²) in [6.07, 6.45) is 0.942. The summed E-state index contributed by atoms with van der Waals surface area (Å²) in [4.78, 5) is 0. The van der Waals surface area contributed by atoms with Gasteiger partial charge in [-0.15, -0.1) is 0 Å². The molecule has 1 aromatic heterocycles. The summed E-state index contributed by atoms with van der Waals surface area (Å²) in [6, 6.07) is 10.3. The normalized spacial score (nSPS) is 11.8. The lowest BCUT2D eigenvalue weighted by Crippen LogP contribution is -2.11. The minimum Gasteiger partial charge on any atom is -0.384 e. The Balaban J connectivity index is 2.20. The fourth-order valence-electron chi connectivity index (χ4n) is 2.19. The van der Waals surface area contributed by atoms with Crippen molar-refractivity contribution in [2.24, 2.45) is 5.41 Å². The van der Waals surface area contributed by atoms with E-state index in [0.717, 1.165) is 24.5 Å². The molecule has 102 valence electrons. The van der Waals surface area contributed by atoms with E-state index in [4.69, 9.17) is 5.73 Å². The summed E-state index contributed by atoms with van der Waals surface area (Å²) in [5.41, 5.74) is 9.89. The van der Waals surface area contributed by atoms with Gasteiger partial charge in [-0.25, -0.2) is 4.68 Å². The summed E-state index contributed by atoms with van der Waals surface area (Å²) in [5.74, 6) is 0.738. The van der Waals surface area contributed by atoms with Crippen molar-refractivity contribution in [2.45, 2.75) is 40.7 Å². The van der Waals surface area contributed by atoms with E-state index in [2.05, 4.69) is 57.1 Å². The van der Waals surface area contributed by atoms with Gasteiger partial charge >= 0.3 is 0 Å². The number of hydrogen-bond donors (Lipinski definition) is 1. The maximum atomic E-state index is 6.06. The summed E-state index contributed by atoms with van der Waals surface area (Å²) in [6.45, 7) is 9.49. The highest BCUT2D eigenvalue weighted by atomic mass is 15.3. The number of aromatic nitrogens is 2. The molecule has 0 fully saturated rings. The molecule has 0 amide bonds. The van der Waals surface area contributed by atoms with Crippen molar-refractivity contribution in [3.05, 3.63) is 47.2 Å². The fraction of sp³-hybridized carbons (Fsp3) is 0.438. The van der Waals surface area contributed by atoms with Gasteiger partial charge in [0.2, 0.25) is 0 Å². The third-order valence-corrected chi connectivity index (χ3v) is 3.15. The lowest BCUT2D eigenvalue weighted by Gasteiger charge is -2.15. The Kier molecular flexibility index (Phi) is 3.65. The first-order valence-electron chi connectivity index (χ1n) is 6.72. The Labute approximate surface area is 115 Å². The maximum Gasteiger partial charge on any atom is 0.122 e. The van der Waals surface area contributed by atoms with Gasteiger partial charge in [0.1, 0.15) is 5.82 Å². The SMILES string of the molecule is Cc1ccccc1Cn1nc(CC(C)(C)C)cc1N. The number of hydrogen-bond acceptors (Lipinski definition) is 2. The smallest absolute Gasteiger partial charge is 0.122 e. The van der Waals surface area contributed by atoms with Crippen LogP contribution in [0.1, 0.15) is 37.6 Å². The van der Waals surface area contributed by atoms with Gasteiger partial charge in [0.05, 0.1) is 12.2 Å². The Morgan fingerprint density at radius 3 is 2.53 bits per heavy atom. The molecule has 0 aliphatic heterocycles. The molecular weight excluding hydrogens is 234 g/mol. The Morgan fingerprint density at radius 2 is 1.89 bits per heavy atom. The molecule has 2 aromatic rings. The molecule has 1 heterocycles. The lowest BCUT2D eigenvalue weighted by atomic mass is 9.91. The molecule has 3 nitrogen and oxygen atoms in total. The molecule has 2 N–H and O–H groups in total. The minimum atomic E-state index is 0.230. The third-order valence-electron chi connectivity index (χ3n) is 3.15. The fourth-order valence-corrected chi connectivity index (χ4v) is 2.19. The summed E-state index contributed by atoms with van der Waals surface area (Å²) >= 11 is 0.